The summed E-state index contributed by atoms with van der Waals surface area (Å²) in [6, 6.07) is 13.4. The predicted molar refractivity (Wildman–Crippen MR) is 115 cm³/mol. The minimum atomic E-state index is -0.330. The van der Waals surface area contributed by atoms with Gasteiger partial charge in [-0.3, -0.25) is 4.79 Å². The normalized spacial score (nSPS) is 30.3. The van der Waals surface area contributed by atoms with Crippen molar-refractivity contribution in [3.8, 4) is 5.75 Å². The third-order valence-electron chi connectivity index (χ3n) is 7.70. The summed E-state index contributed by atoms with van der Waals surface area (Å²) in [6.07, 6.45) is 6.07. The fraction of sp³-hybridized carbons (Fsp3) is 0.440. The van der Waals surface area contributed by atoms with Gasteiger partial charge in [0, 0.05) is 16.3 Å². The summed E-state index contributed by atoms with van der Waals surface area (Å²) >= 11 is 3.38. The first-order valence-electron chi connectivity index (χ1n) is 10.6. The molecule has 4 atom stereocenters. The molecule has 0 radical (unpaired) electrons. The number of ether oxygens (including phenoxy) is 1. The molecule has 5 rings (SSSR count). The van der Waals surface area contributed by atoms with Crippen LogP contribution in [0.4, 0.5) is 0 Å². The first kappa shape index (κ1) is 19.0. The van der Waals surface area contributed by atoms with Crippen molar-refractivity contribution in [2.75, 3.05) is 0 Å². The number of ketones is 1. The maximum atomic E-state index is 12.5. The molecule has 0 aliphatic heterocycles. The van der Waals surface area contributed by atoms with Crippen LogP contribution in [0.5, 0.6) is 5.75 Å². The van der Waals surface area contributed by atoms with Gasteiger partial charge < -0.3 is 4.74 Å². The first-order chi connectivity index (χ1) is 14.0. The molecule has 2 saturated carbocycles. The van der Waals surface area contributed by atoms with Gasteiger partial charge >= 0.3 is 5.97 Å². The number of hydrogen-bond donors (Lipinski definition) is 0. The highest BCUT2D eigenvalue weighted by atomic mass is 79.9. The lowest BCUT2D eigenvalue weighted by atomic mass is 9.55. The Bertz CT molecular complexity index is 980. The van der Waals surface area contributed by atoms with Gasteiger partial charge in [-0.1, -0.05) is 28.9 Å². The molecule has 0 N–H and O–H groups in total. The van der Waals surface area contributed by atoms with Crippen molar-refractivity contribution in [2.45, 2.75) is 51.4 Å². The molecule has 0 bridgehead atoms. The lowest BCUT2D eigenvalue weighted by molar-refractivity contribution is -0.129. The zero-order valence-corrected chi connectivity index (χ0v) is 18.2. The summed E-state index contributed by atoms with van der Waals surface area (Å²) in [5, 5.41) is 0. The number of Topliss-reactive ketones (excluding diaryl/α,β-unsaturated/α-hetero) is 1. The smallest absolute Gasteiger partial charge is 0.343 e. The van der Waals surface area contributed by atoms with Crippen molar-refractivity contribution in [3.63, 3.8) is 0 Å². The van der Waals surface area contributed by atoms with E-state index in [1.54, 1.807) is 12.1 Å². The number of halogens is 1. The summed E-state index contributed by atoms with van der Waals surface area (Å²) in [5.41, 5.74) is 3.17. The van der Waals surface area contributed by atoms with Crippen molar-refractivity contribution in [1.82, 2.24) is 0 Å². The molecule has 0 aromatic heterocycles. The second-order valence-electron chi connectivity index (χ2n) is 9.09. The Labute approximate surface area is 180 Å². The van der Waals surface area contributed by atoms with Gasteiger partial charge in [0.15, 0.2) is 0 Å². The minimum absolute atomic E-state index is 0.0845. The van der Waals surface area contributed by atoms with E-state index in [-0.39, 0.29) is 11.4 Å². The van der Waals surface area contributed by atoms with E-state index in [0.717, 1.165) is 43.0 Å². The van der Waals surface area contributed by atoms with Crippen LogP contribution < -0.4 is 4.74 Å². The SMILES string of the molecule is C[C@]12CC[C@@H]3c4ccc(OC(=O)c5ccc(Br)cc5)cc4CC[C@H]3[C@@H]1CCC2=O. The zero-order chi connectivity index (χ0) is 20.2. The molecule has 3 nitrogen and oxygen atoms in total. The van der Waals surface area contributed by atoms with Gasteiger partial charge in [-0.15, -0.1) is 0 Å². The maximum Gasteiger partial charge on any atom is 0.343 e. The molecule has 3 aliphatic carbocycles. The van der Waals surface area contributed by atoms with Gasteiger partial charge in [0.05, 0.1) is 5.56 Å². The van der Waals surface area contributed by atoms with Crippen LogP contribution in [0, 0.1) is 17.3 Å². The number of carbonyl (C=O) groups excluding carboxylic acids is 2. The maximum absolute atomic E-state index is 12.5. The topological polar surface area (TPSA) is 43.4 Å². The fourth-order valence-electron chi connectivity index (χ4n) is 6.15. The standard InChI is InChI=1S/C25H25BrO3/c1-25-13-12-20-19-9-7-18(29-24(28)15-2-5-17(26)6-3-15)14-16(19)4-8-21(20)22(25)10-11-23(25)27/h2-3,5-7,9,14,20-22H,4,8,10-13H2,1H3/t20-,21-,22+,25+/m1/s1. The molecular weight excluding hydrogens is 428 g/mol. The van der Waals surface area contributed by atoms with Crippen molar-refractivity contribution in [1.29, 1.82) is 0 Å². The van der Waals surface area contributed by atoms with Crippen LogP contribution in [0.15, 0.2) is 46.9 Å². The van der Waals surface area contributed by atoms with E-state index >= 15 is 0 Å². The number of fused-ring (bicyclic) bond motifs is 5. The van der Waals surface area contributed by atoms with Gasteiger partial charge in [0.1, 0.15) is 11.5 Å². The van der Waals surface area contributed by atoms with Crippen molar-refractivity contribution >= 4 is 27.7 Å². The number of aryl methyl sites for hydroxylation is 1. The van der Waals surface area contributed by atoms with E-state index in [4.69, 9.17) is 4.74 Å². The number of hydrogen-bond acceptors (Lipinski definition) is 3. The lowest BCUT2D eigenvalue weighted by Crippen LogP contribution is -2.42. The summed E-state index contributed by atoms with van der Waals surface area (Å²) in [7, 11) is 0. The number of rotatable bonds is 2. The average molecular weight is 453 g/mol. The first-order valence-corrected chi connectivity index (χ1v) is 11.4. The Morgan fingerprint density at radius 2 is 1.86 bits per heavy atom. The van der Waals surface area contributed by atoms with Crippen molar-refractivity contribution in [3.05, 3.63) is 63.6 Å². The van der Waals surface area contributed by atoms with Crippen LogP contribution in [-0.4, -0.2) is 11.8 Å². The molecular formula is C25H25BrO3. The van der Waals surface area contributed by atoms with E-state index in [0.29, 0.717) is 34.8 Å². The highest BCUT2D eigenvalue weighted by Gasteiger charge is 2.54. The van der Waals surface area contributed by atoms with Crippen LogP contribution in [0.2, 0.25) is 0 Å². The van der Waals surface area contributed by atoms with Gasteiger partial charge in [0.2, 0.25) is 0 Å². The molecule has 2 aromatic rings. The van der Waals surface area contributed by atoms with Gasteiger partial charge in [0.25, 0.3) is 0 Å². The van der Waals surface area contributed by atoms with Crippen LogP contribution in [-0.2, 0) is 11.2 Å². The molecule has 0 amide bonds. The third kappa shape index (κ3) is 3.16. The largest absolute Gasteiger partial charge is 0.423 e. The van der Waals surface area contributed by atoms with E-state index < -0.39 is 0 Å². The van der Waals surface area contributed by atoms with Crippen LogP contribution in [0.1, 0.15) is 66.4 Å². The summed E-state index contributed by atoms with van der Waals surface area (Å²) in [5.74, 6) is 2.47. The Morgan fingerprint density at radius 3 is 2.66 bits per heavy atom. The van der Waals surface area contributed by atoms with Crippen LogP contribution in [0.25, 0.3) is 0 Å². The van der Waals surface area contributed by atoms with Crippen LogP contribution >= 0.6 is 15.9 Å². The van der Waals surface area contributed by atoms with E-state index in [2.05, 4.69) is 35.0 Å². The Kier molecular flexibility index (Phi) is 4.65. The summed E-state index contributed by atoms with van der Waals surface area (Å²) in [4.78, 5) is 24.9. The Morgan fingerprint density at radius 1 is 1.07 bits per heavy atom. The molecule has 29 heavy (non-hydrogen) atoms. The van der Waals surface area contributed by atoms with Crippen LogP contribution in [0.3, 0.4) is 0 Å². The van der Waals surface area contributed by atoms with Crippen molar-refractivity contribution in [2.24, 2.45) is 17.3 Å². The van der Waals surface area contributed by atoms with Crippen molar-refractivity contribution < 1.29 is 14.3 Å². The molecule has 2 aromatic carbocycles. The number of benzene rings is 2. The second-order valence-corrected chi connectivity index (χ2v) is 10.0. The molecule has 0 saturated heterocycles. The summed E-state index contributed by atoms with van der Waals surface area (Å²) < 4.78 is 6.58. The van der Waals surface area contributed by atoms with E-state index in [1.165, 1.54) is 11.1 Å². The lowest BCUT2D eigenvalue weighted by Gasteiger charge is -2.48. The minimum Gasteiger partial charge on any atom is -0.423 e. The quantitative estimate of drug-likeness (QED) is 0.408. The molecule has 150 valence electrons. The highest BCUT2D eigenvalue weighted by molar-refractivity contribution is 9.10. The summed E-state index contributed by atoms with van der Waals surface area (Å²) in [6.45, 7) is 2.21. The number of esters is 1. The Balaban J connectivity index is 1.36. The second kappa shape index (κ2) is 7.09. The molecule has 0 unspecified atom stereocenters. The molecule has 0 heterocycles. The average Bonchev–Trinajstić information content (AvgIpc) is 3.03. The zero-order valence-electron chi connectivity index (χ0n) is 16.6. The fourth-order valence-corrected chi connectivity index (χ4v) is 6.41. The van der Waals surface area contributed by atoms with E-state index in [1.807, 2.05) is 18.2 Å². The van der Waals surface area contributed by atoms with Gasteiger partial charge in [-0.05, 0) is 97.4 Å². The highest BCUT2D eigenvalue weighted by Crippen LogP contribution is 2.59. The monoisotopic (exact) mass is 452 g/mol. The van der Waals surface area contributed by atoms with Gasteiger partial charge in [-0.2, -0.15) is 0 Å². The predicted octanol–water partition coefficient (Wildman–Crippen LogP) is 6.09. The number of carbonyl (C=O) groups is 2. The third-order valence-corrected chi connectivity index (χ3v) is 8.23. The molecule has 4 heteroatoms. The van der Waals surface area contributed by atoms with E-state index in [9.17, 15) is 9.59 Å². The van der Waals surface area contributed by atoms with Gasteiger partial charge in [-0.25, -0.2) is 4.79 Å². The molecule has 2 fully saturated rings. The molecule has 3 aliphatic rings. The Hall–Kier alpha value is -1.94. The molecule has 0 spiro atoms.